The predicted molar refractivity (Wildman–Crippen MR) is 68.9 cm³/mol. The van der Waals surface area contributed by atoms with Crippen LogP contribution in [0.5, 0.6) is 0 Å². The minimum absolute atomic E-state index is 0.155. The maximum absolute atomic E-state index is 12.1. The average molecular weight is 310 g/mol. The number of H-pyrrole nitrogens is 1. The van der Waals surface area contributed by atoms with Crippen LogP contribution in [-0.4, -0.2) is 26.5 Å². The second kappa shape index (κ2) is 5.26. The molecule has 0 aliphatic carbocycles. The van der Waals surface area contributed by atoms with Gasteiger partial charge in [0.1, 0.15) is 0 Å². The molecule has 7 heteroatoms. The van der Waals surface area contributed by atoms with Crippen molar-refractivity contribution in [3.63, 3.8) is 0 Å². The van der Waals surface area contributed by atoms with Crippen molar-refractivity contribution in [2.45, 2.75) is 19.9 Å². The fourth-order valence-electron chi connectivity index (χ4n) is 1.57. The van der Waals surface area contributed by atoms with E-state index in [4.69, 9.17) is 0 Å². The van der Waals surface area contributed by atoms with E-state index in [-0.39, 0.29) is 11.9 Å². The van der Waals surface area contributed by atoms with Crippen LogP contribution < -0.4 is 5.32 Å². The highest BCUT2D eigenvalue weighted by molar-refractivity contribution is 9.10. The van der Waals surface area contributed by atoms with Crippen LogP contribution in [-0.2, 0) is 0 Å². The topological polar surface area (TPSA) is 83.6 Å². The lowest BCUT2D eigenvalue weighted by Crippen LogP contribution is -2.28. The molecule has 1 atom stereocenters. The number of aromatic amines is 1. The molecule has 2 aromatic rings. The first-order valence-electron chi connectivity index (χ1n) is 5.38. The molecule has 0 radical (unpaired) electrons. The lowest BCUT2D eigenvalue weighted by atomic mass is 10.1. The van der Waals surface area contributed by atoms with E-state index in [2.05, 4.69) is 41.9 Å². The fraction of sp³-hybridized carbons (Fsp3) is 0.273. The maximum Gasteiger partial charge on any atom is 0.252 e. The Labute approximate surface area is 112 Å². The van der Waals surface area contributed by atoms with Crippen molar-refractivity contribution in [2.75, 3.05) is 0 Å². The van der Waals surface area contributed by atoms with E-state index in [0.717, 1.165) is 10.0 Å². The molecule has 2 rings (SSSR count). The summed E-state index contributed by atoms with van der Waals surface area (Å²) >= 11 is 3.36. The second-order valence-electron chi connectivity index (χ2n) is 3.92. The van der Waals surface area contributed by atoms with E-state index in [0.29, 0.717) is 11.4 Å². The largest absolute Gasteiger partial charge is 0.342 e. The van der Waals surface area contributed by atoms with E-state index in [1.165, 1.54) is 0 Å². The Morgan fingerprint density at radius 3 is 2.89 bits per heavy atom. The predicted octanol–water partition coefficient (Wildman–Crippen LogP) is 1.76. The lowest BCUT2D eigenvalue weighted by Gasteiger charge is -2.11. The number of carbonyl (C=O) groups is 1. The van der Waals surface area contributed by atoms with E-state index < -0.39 is 0 Å². The van der Waals surface area contributed by atoms with E-state index >= 15 is 0 Å². The minimum Gasteiger partial charge on any atom is -0.342 e. The molecule has 0 spiro atoms. The highest BCUT2D eigenvalue weighted by atomic mass is 79.9. The Hall–Kier alpha value is -1.76. The molecule has 0 saturated heterocycles. The van der Waals surface area contributed by atoms with Gasteiger partial charge in [0.2, 0.25) is 0 Å². The van der Waals surface area contributed by atoms with Gasteiger partial charge >= 0.3 is 0 Å². The second-order valence-corrected chi connectivity index (χ2v) is 4.84. The summed E-state index contributed by atoms with van der Waals surface area (Å²) in [6.07, 6.45) is 0. The normalized spacial score (nSPS) is 12.2. The zero-order valence-corrected chi connectivity index (χ0v) is 11.5. The molecule has 0 bridgehead atoms. The number of carbonyl (C=O) groups excluding carboxylic acids is 1. The molecule has 0 aliphatic rings. The summed E-state index contributed by atoms with van der Waals surface area (Å²) in [4.78, 5) is 12.1. The molecule has 1 aromatic heterocycles. The molecule has 1 heterocycles. The third-order valence-corrected chi connectivity index (χ3v) is 3.02. The summed E-state index contributed by atoms with van der Waals surface area (Å²) in [7, 11) is 0. The Bertz CT molecular complexity index is 555. The Morgan fingerprint density at radius 2 is 2.28 bits per heavy atom. The summed E-state index contributed by atoms with van der Waals surface area (Å²) in [5.41, 5.74) is 1.54. The Kier molecular flexibility index (Phi) is 3.71. The molecular formula is C11H12BrN5O. The van der Waals surface area contributed by atoms with Gasteiger partial charge < -0.3 is 5.32 Å². The first kappa shape index (κ1) is 12.7. The van der Waals surface area contributed by atoms with Gasteiger partial charge in [-0.25, -0.2) is 0 Å². The maximum atomic E-state index is 12.1. The fourth-order valence-corrected chi connectivity index (χ4v) is 2.05. The third kappa shape index (κ3) is 2.73. The monoisotopic (exact) mass is 309 g/mol. The van der Waals surface area contributed by atoms with Crippen molar-refractivity contribution in [3.8, 4) is 0 Å². The number of benzene rings is 1. The van der Waals surface area contributed by atoms with Gasteiger partial charge in [0.15, 0.2) is 5.82 Å². The van der Waals surface area contributed by atoms with Gasteiger partial charge in [-0.15, -0.1) is 10.2 Å². The molecule has 1 amide bonds. The zero-order valence-electron chi connectivity index (χ0n) is 9.94. The summed E-state index contributed by atoms with van der Waals surface area (Å²) in [6, 6.07) is 5.21. The van der Waals surface area contributed by atoms with Gasteiger partial charge in [-0.3, -0.25) is 4.79 Å². The van der Waals surface area contributed by atoms with Crippen LogP contribution in [0.25, 0.3) is 0 Å². The summed E-state index contributed by atoms with van der Waals surface area (Å²) in [5, 5.41) is 16.3. The number of tetrazole rings is 1. The highest BCUT2D eigenvalue weighted by Gasteiger charge is 2.16. The van der Waals surface area contributed by atoms with Crippen LogP contribution in [0, 0.1) is 6.92 Å². The van der Waals surface area contributed by atoms with Crippen LogP contribution in [0.3, 0.4) is 0 Å². The van der Waals surface area contributed by atoms with Crippen molar-refractivity contribution in [1.29, 1.82) is 0 Å². The van der Waals surface area contributed by atoms with Crippen molar-refractivity contribution in [1.82, 2.24) is 25.9 Å². The number of nitrogens with one attached hydrogen (secondary N) is 2. The van der Waals surface area contributed by atoms with Crippen LogP contribution in [0.15, 0.2) is 22.7 Å². The average Bonchev–Trinajstić information content (AvgIpc) is 2.81. The zero-order chi connectivity index (χ0) is 13.1. The van der Waals surface area contributed by atoms with Gasteiger partial charge in [0, 0.05) is 10.0 Å². The van der Waals surface area contributed by atoms with Crippen molar-refractivity contribution < 1.29 is 4.79 Å². The Balaban J connectivity index is 2.12. The molecular weight excluding hydrogens is 298 g/mol. The molecule has 0 saturated carbocycles. The molecule has 94 valence electrons. The standard InChI is InChI=1S/C11H12BrN5O/c1-6-5-8(12)3-4-9(6)11(18)13-7(2)10-14-16-17-15-10/h3-5,7H,1-2H3,(H,13,18)(H,14,15,16,17). The number of nitrogens with zero attached hydrogens (tertiary/aromatic N) is 3. The van der Waals surface area contributed by atoms with Gasteiger partial charge in [0.25, 0.3) is 5.91 Å². The molecule has 0 fully saturated rings. The number of aromatic nitrogens is 4. The lowest BCUT2D eigenvalue weighted by molar-refractivity contribution is 0.0937. The minimum atomic E-state index is -0.292. The summed E-state index contributed by atoms with van der Waals surface area (Å²) in [6.45, 7) is 3.69. The molecule has 18 heavy (non-hydrogen) atoms. The van der Waals surface area contributed by atoms with E-state index in [1.54, 1.807) is 13.0 Å². The quantitative estimate of drug-likeness (QED) is 0.905. The number of hydrogen-bond acceptors (Lipinski definition) is 4. The number of aryl methyl sites for hydroxylation is 1. The number of hydrogen-bond donors (Lipinski definition) is 2. The first-order valence-corrected chi connectivity index (χ1v) is 6.17. The summed E-state index contributed by atoms with van der Waals surface area (Å²) < 4.78 is 0.947. The smallest absolute Gasteiger partial charge is 0.252 e. The Morgan fingerprint density at radius 1 is 1.50 bits per heavy atom. The molecule has 1 unspecified atom stereocenters. The molecule has 2 N–H and O–H groups in total. The number of rotatable bonds is 3. The van der Waals surface area contributed by atoms with Crippen LogP contribution in [0.4, 0.5) is 0 Å². The van der Waals surface area contributed by atoms with Gasteiger partial charge in [-0.1, -0.05) is 21.1 Å². The van der Waals surface area contributed by atoms with Crippen LogP contribution in [0.1, 0.15) is 34.7 Å². The van der Waals surface area contributed by atoms with Crippen molar-refractivity contribution in [2.24, 2.45) is 0 Å². The third-order valence-electron chi connectivity index (χ3n) is 2.53. The van der Waals surface area contributed by atoms with Gasteiger partial charge in [-0.2, -0.15) is 5.21 Å². The molecule has 0 aliphatic heterocycles. The highest BCUT2D eigenvalue weighted by Crippen LogP contribution is 2.16. The van der Waals surface area contributed by atoms with Gasteiger partial charge in [0.05, 0.1) is 6.04 Å². The number of amides is 1. The van der Waals surface area contributed by atoms with Crippen molar-refractivity contribution >= 4 is 21.8 Å². The first-order chi connectivity index (χ1) is 8.58. The molecule has 6 nitrogen and oxygen atoms in total. The summed E-state index contributed by atoms with van der Waals surface area (Å²) in [5.74, 6) is 0.301. The van der Waals surface area contributed by atoms with Crippen LogP contribution in [0.2, 0.25) is 0 Å². The number of halogens is 1. The van der Waals surface area contributed by atoms with E-state index in [9.17, 15) is 4.79 Å². The van der Waals surface area contributed by atoms with Crippen LogP contribution >= 0.6 is 15.9 Å². The van der Waals surface area contributed by atoms with E-state index in [1.807, 2.05) is 19.1 Å². The van der Waals surface area contributed by atoms with Gasteiger partial charge in [-0.05, 0) is 37.6 Å². The SMILES string of the molecule is Cc1cc(Br)ccc1C(=O)NC(C)c1nn[nH]n1. The van der Waals surface area contributed by atoms with Crippen molar-refractivity contribution in [3.05, 3.63) is 39.6 Å². The molecule has 1 aromatic carbocycles.